The normalized spacial score (nSPS) is 15.1. The monoisotopic (exact) mass is 346 g/mol. The van der Waals surface area contributed by atoms with Crippen LogP contribution in [0.1, 0.15) is 29.6 Å². The minimum absolute atomic E-state index is 0.00143. The lowest BCUT2D eigenvalue weighted by atomic mass is 9.80. The summed E-state index contributed by atoms with van der Waals surface area (Å²) in [6.07, 6.45) is 2.75. The molecule has 6 heteroatoms. The van der Waals surface area contributed by atoms with E-state index in [-0.39, 0.29) is 21.9 Å². The molecule has 0 aromatic heterocycles. The molecule has 1 aliphatic carbocycles. The van der Waals surface area contributed by atoms with Crippen molar-refractivity contribution in [3.05, 3.63) is 28.0 Å². The third-order valence-corrected chi connectivity index (χ3v) is 4.76. The summed E-state index contributed by atoms with van der Waals surface area (Å²) in [5, 5.41) is 8.69. The highest BCUT2D eigenvalue weighted by Crippen LogP contribution is 2.35. The summed E-state index contributed by atoms with van der Waals surface area (Å²) in [6.45, 7) is 0. The average Bonchev–Trinajstić information content (AvgIpc) is 2.27. The Kier molecular flexibility index (Phi) is 4.62. The van der Waals surface area contributed by atoms with Gasteiger partial charge in [0.25, 0.3) is 0 Å². The largest absolute Gasteiger partial charge is 0.481 e. The fourth-order valence-corrected chi connectivity index (χ4v) is 2.99. The number of hydrogen-bond donors (Lipinski definition) is 1. The summed E-state index contributed by atoms with van der Waals surface area (Å²) in [5.74, 6) is -1.68. The first-order chi connectivity index (χ1) is 8.99. The van der Waals surface area contributed by atoms with Gasteiger partial charge in [-0.1, -0.05) is 6.42 Å². The molecule has 3 nitrogen and oxygen atoms in total. The molecule has 0 saturated heterocycles. The molecule has 0 aliphatic heterocycles. The molecule has 1 aliphatic rings. The maximum Gasteiger partial charge on any atom is 0.313 e. The summed E-state index contributed by atoms with van der Waals surface area (Å²) >= 11 is 4.04. The van der Waals surface area contributed by atoms with Gasteiger partial charge >= 0.3 is 5.97 Å². The van der Waals surface area contributed by atoms with Gasteiger partial charge in [0.15, 0.2) is 5.78 Å². The quantitative estimate of drug-likeness (QED) is 0.651. The van der Waals surface area contributed by atoms with E-state index in [9.17, 15) is 14.0 Å². The predicted molar refractivity (Wildman–Crippen MR) is 74.1 cm³/mol. The van der Waals surface area contributed by atoms with Gasteiger partial charge in [0, 0.05) is 16.4 Å². The number of carbonyl (C=O) groups excluding carboxylic acids is 1. The highest BCUT2D eigenvalue weighted by molar-refractivity contribution is 9.10. The molecule has 1 saturated carbocycles. The van der Waals surface area contributed by atoms with Crippen LogP contribution in [0.25, 0.3) is 0 Å². The van der Waals surface area contributed by atoms with E-state index < -0.39 is 11.8 Å². The van der Waals surface area contributed by atoms with Crippen LogP contribution in [0.3, 0.4) is 0 Å². The highest BCUT2D eigenvalue weighted by Gasteiger charge is 2.28. The SMILES string of the molecule is O=C(O)CSc1cc(F)c(Br)cc1C(=O)C1CCC1. The second kappa shape index (κ2) is 6.05. The molecule has 19 heavy (non-hydrogen) atoms. The summed E-state index contributed by atoms with van der Waals surface area (Å²) in [6, 6.07) is 2.68. The Labute approximate surface area is 122 Å². The molecule has 1 N–H and O–H groups in total. The standard InChI is InChI=1S/C13H12BrFO3S/c14-9-4-8(13(18)7-2-1-3-7)11(5-10(9)15)19-6-12(16)17/h4-5,7H,1-3,6H2,(H,16,17). The summed E-state index contributed by atoms with van der Waals surface area (Å²) in [4.78, 5) is 23.3. The van der Waals surface area contributed by atoms with Crippen molar-refractivity contribution in [2.75, 3.05) is 5.75 Å². The molecule has 1 fully saturated rings. The molecular weight excluding hydrogens is 335 g/mol. The first-order valence-corrected chi connectivity index (χ1v) is 7.64. The Morgan fingerprint density at radius 1 is 1.42 bits per heavy atom. The Morgan fingerprint density at radius 3 is 2.63 bits per heavy atom. The van der Waals surface area contributed by atoms with E-state index >= 15 is 0 Å². The molecule has 0 atom stereocenters. The van der Waals surface area contributed by atoms with Gasteiger partial charge in [-0.25, -0.2) is 4.39 Å². The number of carbonyl (C=O) groups is 2. The van der Waals surface area contributed by atoms with E-state index in [0.717, 1.165) is 31.0 Å². The van der Waals surface area contributed by atoms with Crippen molar-refractivity contribution >= 4 is 39.4 Å². The molecule has 0 spiro atoms. The molecule has 2 rings (SSSR count). The van der Waals surface area contributed by atoms with E-state index in [2.05, 4.69) is 15.9 Å². The Balaban J connectivity index is 2.30. The lowest BCUT2D eigenvalue weighted by Gasteiger charge is -2.24. The zero-order valence-corrected chi connectivity index (χ0v) is 12.4. The predicted octanol–water partition coefficient (Wildman–Crippen LogP) is 3.75. The summed E-state index contributed by atoms with van der Waals surface area (Å²) in [5.41, 5.74) is 0.421. The van der Waals surface area contributed by atoms with Crippen LogP contribution >= 0.6 is 27.7 Å². The van der Waals surface area contributed by atoms with Crippen molar-refractivity contribution in [1.29, 1.82) is 0 Å². The van der Waals surface area contributed by atoms with Crippen LogP contribution in [-0.2, 0) is 4.79 Å². The van der Waals surface area contributed by atoms with Gasteiger partial charge in [-0.15, -0.1) is 11.8 Å². The number of thioether (sulfide) groups is 1. The molecular formula is C13H12BrFO3S. The van der Waals surface area contributed by atoms with Gasteiger partial charge in [0.1, 0.15) is 5.82 Å². The van der Waals surface area contributed by atoms with Crippen molar-refractivity contribution in [3.63, 3.8) is 0 Å². The summed E-state index contributed by atoms with van der Waals surface area (Å²) < 4.78 is 13.8. The summed E-state index contributed by atoms with van der Waals surface area (Å²) in [7, 11) is 0. The van der Waals surface area contributed by atoms with E-state index in [0.29, 0.717) is 10.5 Å². The van der Waals surface area contributed by atoms with Crippen LogP contribution in [-0.4, -0.2) is 22.6 Å². The number of ketones is 1. The van der Waals surface area contributed by atoms with Crippen LogP contribution in [0.2, 0.25) is 0 Å². The number of carboxylic acid groups (broad SMARTS) is 1. The lowest BCUT2D eigenvalue weighted by Crippen LogP contribution is -2.22. The van der Waals surface area contributed by atoms with Crippen LogP contribution in [0.15, 0.2) is 21.5 Å². The Bertz CT molecular complexity index is 529. The van der Waals surface area contributed by atoms with E-state index in [1.54, 1.807) is 0 Å². The van der Waals surface area contributed by atoms with Gasteiger partial charge in [-0.3, -0.25) is 9.59 Å². The average molecular weight is 347 g/mol. The van der Waals surface area contributed by atoms with Gasteiger partial charge in [-0.05, 0) is 40.9 Å². The van der Waals surface area contributed by atoms with Crippen molar-refractivity contribution < 1.29 is 19.1 Å². The molecule has 0 bridgehead atoms. The number of benzene rings is 1. The second-order valence-corrected chi connectivity index (χ2v) is 6.31. The second-order valence-electron chi connectivity index (χ2n) is 4.44. The molecule has 102 valence electrons. The first-order valence-electron chi connectivity index (χ1n) is 5.87. The van der Waals surface area contributed by atoms with Crippen LogP contribution in [0.4, 0.5) is 4.39 Å². The third kappa shape index (κ3) is 3.36. The van der Waals surface area contributed by atoms with E-state index in [1.165, 1.54) is 12.1 Å². The first kappa shape index (κ1) is 14.5. The fraction of sp³-hybridized carbons (Fsp3) is 0.385. The molecule has 1 aromatic carbocycles. The van der Waals surface area contributed by atoms with E-state index in [1.807, 2.05) is 0 Å². The van der Waals surface area contributed by atoms with Gasteiger partial charge in [0.2, 0.25) is 0 Å². The van der Waals surface area contributed by atoms with Crippen molar-refractivity contribution in [1.82, 2.24) is 0 Å². The van der Waals surface area contributed by atoms with Gasteiger partial charge in [0.05, 0.1) is 10.2 Å². The zero-order valence-electron chi connectivity index (χ0n) is 9.99. The third-order valence-electron chi connectivity index (χ3n) is 3.12. The van der Waals surface area contributed by atoms with Crippen LogP contribution in [0, 0.1) is 11.7 Å². The molecule has 1 aromatic rings. The highest BCUT2D eigenvalue weighted by atomic mass is 79.9. The Hall–Kier alpha value is -0.880. The van der Waals surface area contributed by atoms with Crippen molar-refractivity contribution in [2.45, 2.75) is 24.2 Å². The number of aliphatic carboxylic acids is 1. The number of hydrogen-bond acceptors (Lipinski definition) is 3. The maximum atomic E-state index is 13.5. The van der Waals surface area contributed by atoms with Crippen molar-refractivity contribution in [3.8, 4) is 0 Å². The molecule has 0 radical (unpaired) electrons. The smallest absolute Gasteiger partial charge is 0.313 e. The number of halogens is 2. The molecule has 0 unspecified atom stereocenters. The lowest BCUT2D eigenvalue weighted by molar-refractivity contribution is -0.133. The Morgan fingerprint density at radius 2 is 2.11 bits per heavy atom. The minimum Gasteiger partial charge on any atom is -0.481 e. The fourth-order valence-electron chi connectivity index (χ4n) is 1.87. The maximum absolute atomic E-state index is 13.5. The topological polar surface area (TPSA) is 54.4 Å². The molecule has 0 amide bonds. The zero-order chi connectivity index (χ0) is 14.0. The van der Waals surface area contributed by atoms with Crippen LogP contribution in [0.5, 0.6) is 0 Å². The minimum atomic E-state index is -0.990. The van der Waals surface area contributed by atoms with Gasteiger partial charge < -0.3 is 5.11 Å². The number of Topliss-reactive ketones (excluding diaryl/α,β-unsaturated/α-hetero) is 1. The molecule has 0 heterocycles. The van der Waals surface area contributed by atoms with Crippen LogP contribution < -0.4 is 0 Å². The van der Waals surface area contributed by atoms with Crippen molar-refractivity contribution in [2.24, 2.45) is 5.92 Å². The van der Waals surface area contributed by atoms with E-state index in [4.69, 9.17) is 5.11 Å². The number of rotatable bonds is 5. The van der Waals surface area contributed by atoms with Gasteiger partial charge in [-0.2, -0.15) is 0 Å². The number of carboxylic acids is 1.